The van der Waals surface area contributed by atoms with E-state index in [2.05, 4.69) is 15.4 Å². The van der Waals surface area contributed by atoms with Crippen LogP contribution in [0, 0.1) is 5.92 Å². The van der Waals surface area contributed by atoms with Crippen molar-refractivity contribution < 1.29 is 22.7 Å². The number of nitrogens with zero attached hydrogens (tertiary/aromatic N) is 3. The number of alkyl halides is 3. The lowest BCUT2D eigenvalue weighted by Gasteiger charge is -2.27. The summed E-state index contributed by atoms with van der Waals surface area (Å²) in [5.41, 5.74) is 1.30. The van der Waals surface area contributed by atoms with Gasteiger partial charge in [-0.2, -0.15) is 18.3 Å². The van der Waals surface area contributed by atoms with Gasteiger partial charge in [0.25, 0.3) is 0 Å². The monoisotopic (exact) mass is 400 g/mol. The Morgan fingerprint density at radius 1 is 1.41 bits per heavy atom. The highest BCUT2D eigenvalue weighted by molar-refractivity contribution is 7.15. The zero-order valence-electron chi connectivity index (χ0n) is 14.7. The van der Waals surface area contributed by atoms with Gasteiger partial charge in [-0.25, -0.2) is 4.98 Å². The molecule has 4 rings (SSSR count). The predicted octanol–water partition coefficient (Wildman–Crippen LogP) is 3.80. The summed E-state index contributed by atoms with van der Waals surface area (Å²) in [6.07, 6.45) is 0.0309. The highest BCUT2D eigenvalue weighted by Crippen LogP contribution is 2.46. The van der Waals surface area contributed by atoms with E-state index in [0.29, 0.717) is 47.4 Å². The molecule has 3 heterocycles. The SMILES string of the molecule is Cn1nc(-c2cnc(C(F)(F)F)s2)c(C2CCC2)c1NC(=O)CC1COC1. The molecule has 6 nitrogen and oxygen atoms in total. The van der Waals surface area contributed by atoms with Crippen LogP contribution in [0.25, 0.3) is 10.6 Å². The molecular formula is C17H19F3N4O2S. The molecule has 1 aliphatic heterocycles. The summed E-state index contributed by atoms with van der Waals surface area (Å²) in [6, 6.07) is 0. The van der Waals surface area contributed by atoms with E-state index in [1.54, 1.807) is 11.7 Å². The van der Waals surface area contributed by atoms with Crippen LogP contribution in [0.2, 0.25) is 0 Å². The van der Waals surface area contributed by atoms with Crippen LogP contribution in [0.15, 0.2) is 6.20 Å². The lowest BCUT2D eigenvalue weighted by Crippen LogP contribution is -2.32. The van der Waals surface area contributed by atoms with Crippen LogP contribution in [-0.4, -0.2) is 33.9 Å². The second-order valence-corrected chi connectivity index (χ2v) is 8.08. The molecule has 2 aromatic rings. The Hall–Kier alpha value is -1.94. The van der Waals surface area contributed by atoms with Crippen molar-refractivity contribution in [2.45, 2.75) is 37.8 Å². The van der Waals surface area contributed by atoms with E-state index < -0.39 is 11.2 Å². The highest BCUT2D eigenvalue weighted by atomic mass is 32.1. The number of ether oxygens (including phenoxy) is 1. The topological polar surface area (TPSA) is 69.0 Å². The molecule has 0 bridgehead atoms. The van der Waals surface area contributed by atoms with E-state index in [1.165, 1.54) is 6.20 Å². The number of aromatic nitrogens is 3. The van der Waals surface area contributed by atoms with Gasteiger partial charge in [0.15, 0.2) is 5.01 Å². The number of nitrogens with one attached hydrogen (secondary N) is 1. The summed E-state index contributed by atoms with van der Waals surface area (Å²) < 4.78 is 45.4. The number of hydrogen-bond donors (Lipinski definition) is 1. The van der Waals surface area contributed by atoms with Crippen LogP contribution in [0.1, 0.15) is 42.2 Å². The van der Waals surface area contributed by atoms with Crippen molar-refractivity contribution in [2.24, 2.45) is 13.0 Å². The molecule has 1 saturated heterocycles. The fourth-order valence-electron chi connectivity index (χ4n) is 3.32. The molecule has 1 N–H and O–H groups in total. The summed E-state index contributed by atoms with van der Waals surface area (Å²) in [5, 5.41) is 6.46. The number of carbonyl (C=O) groups excluding carboxylic acids is 1. The first kappa shape index (κ1) is 18.4. The first-order valence-corrected chi connectivity index (χ1v) is 9.62. The maximum absolute atomic E-state index is 12.9. The molecular weight excluding hydrogens is 381 g/mol. The third-order valence-corrected chi connectivity index (χ3v) is 6.07. The van der Waals surface area contributed by atoms with Crippen molar-refractivity contribution in [1.29, 1.82) is 0 Å². The van der Waals surface area contributed by atoms with Crippen LogP contribution < -0.4 is 5.32 Å². The molecule has 0 radical (unpaired) electrons. The van der Waals surface area contributed by atoms with Crippen LogP contribution in [0.5, 0.6) is 0 Å². The largest absolute Gasteiger partial charge is 0.443 e. The molecule has 146 valence electrons. The zero-order valence-corrected chi connectivity index (χ0v) is 15.5. The predicted molar refractivity (Wildman–Crippen MR) is 93.5 cm³/mol. The molecule has 0 unspecified atom stereocenters. The van der Waals surface area contributed by atoms with Gasteiger partial charge >= 0.3 is 6.18 Å². The maximum Gasteiger partial charge on any atom is 0.443 e. The number of halogens is 3. The fraction of sp³-hybridized carbons (Fsp3) is 0.588. The molecule has 0 aromatic carbocycles. The minimum atomic E-state index is -4.48. The molecule has 1 saturated carbocycles. The van der Waals surface area contributed by atoms with Crippen molar-refractivity contribution in [3.05, 3.63) is 16.8 Å². The van der Waals surface area contributed by atoms with Gasteiger partial charge in [0, 0.05) is 31.1 Å². The molecule has 1 amide bonds. The third-order valence-electron chi connectivity index (χ3n) is 5.02. The van der Waals surface area contributed by atoms with Gasteiger partial charge in [-0.15, -0.1) is 11.3 Å². The van der Waals surface area contributed by atoms with Crippen molar-refractivity contribution >= 4 is 23.1 Å². The molecule has 2 aliphatic rings. The molecule has 27 heavy (non-hydrogen) atoms. The van der Waals surface area contributed by atoms with Crippen molar-refractivity contribution in [2.75, 3.05) is 18.5 Å². The van der Waals surface area contributed by atoms with Crippen molar-refractivity contribution in [3.63, 3.8) is 0 Å². The Kier molecular flexibility index (Phi) is 4.71. The molecule has 2 aromatic heterocycles. The van der Waals surface area contributed by atoms with E-state index >= 15 is 0 Å². The summed E-state index contributed by atoms with van der Waals surface area (Å²) >= 11 is 0.582. The van der Waals surface area contributed by atoms with Gasteiger partial charge in [-0.1, -0.05) is 6.42 Å². The van der Waals surface area contributed by atoms with Crippen LogP contribution in [0.4, 0.5) is 19.0 Å². The smallest absolute Gasteiger partial charge is 0.381 e. The Balaban J connectivity index is 1.65. The minimum absolute atomic E-state index is 0.126. The molecule has 2 fully saturated rings. The molecule has 0 atom stereocenters. The van der Waals surface area contributed by atoms with Crippen LogP contribution in [0.3, 0.4) is 0 Å². The summed E-state index contributed by atoms with van der Waals surface area (Å²) in [5.74, 6) is 0.855. The fourth-order valence-corrected chi connectivity index (χ4v) is 4.10. The molecule has 0 spiro atoms. The van der Waals surface area contributed by atoms with Gasteiger partial charge < -0.3 is 10.1 Å². The second-order valence-electron chi connectivity index (χ2n) is 7.05. The zero-order chi connectivity index (χ0) is 19.2. The average Bonchev–Trinajstić information content (AvgIpc) is 3.09. The van der Waals surface area contributed by atoms with E-state index in [4.69, 9.17) is 4.74 Å². The average molecular weight is 400 g/mol. The Labute approximate surface area is 157 Å². The number of hydrogen-bond acceptors (Lipinski definition) is 5. The van der Waals surface area contributed by atoms with Crippen LogP contribution in [-0.2, 0) is 22.8 Å². The minimum Gasteiger partial charge on any atom is -0.381 e. The maximum atomic E-state index is 12.9. The van der Waals surface area contributed by atoms with E-state index in [-0.39, 0.29) is 17.7 Å². The number of anilines is 1. The van der Waals surface area contributed by atoms with Gasteiger partial charge in [0.1, 0.15) is 11.5 Å². The normalized spacial score (nSPS) is 18.2. The highest BCUT2D eigenvalue weighted by Gasteiger charge is 2.36. The van der Waals surface area contributed by atoms with Crippen LogP contribution >= 0.6 is 11.3 Å². The lowest BCUT2D eigenvalue weighted by atomic mass is 9.79. The Morgan fingerprint density at radius 2 is 2.15 bits per heavy atom. The third kappa shape index (κ3) is 3.60. The van der Waals surface area contributed by atoms with Gasteiger partial charge in [0.2, 0.25) is 5.91 Å². The number of aryl methyl sites for hydroxylation is 1. The number of rotatable bonds is 5. The Bertz CT molecular complexity index is 853. The first-order chi connectivity index (χ1) is 12.8. The van der Waals surface area contributed by atoms with E-state index in [9.17, 15) is 18.0 Å². The molecule has 10 heteroatoms. The summed E-state index contributed by atoms with van der Waals surface area (Å²) in [7, 11) is 1.69. The standard InChI is InChI=1S/C17H19F3N4O2S/c1-24-15(22-12(25)5-9-7-26-8-9)13(10-3-2-4-10)14(23-24)11-6-21-16(27-11)17(18,19)20/h6,9-10H,2-5,7-8H2,1H3,(H,22,25). The van der Waals surface area contributed by atoms with Crippen molar-refractivity contribution in [3.8, 4) is 10.6 Å². The molecule has 1 aliphatic carbocycles. The second kappa shape index (κ2) is 6.90. The first-order valence-electron chi connectivity index (χ1n) is 8.81. The number of thiazole rings is 1. The lowest BCUT2D eigenvalue weighted by molar-refractivity contribution is -0.137. The van der Waals surface area contributed by atoms with E-state index in [0.717, 1.165) is 24.8 Å². The number of carbonyl (C=O) groups is 1. The van der Waals surface area contributed by atoms with Crippen molar-refractivity contribution in [1.82, 2.24) is 14.8 Å². The number of amides is 1. The Morgan fingerprint density at radius 3 is 2.67 bits per heavy atom. The van der Waals surface area contributed by atoms with E-state index in [1.807, 2.05) is 0 Å². The van der Waals surface area contributed by atoms with Gasteiger partial charge in [-0.05, 0) is 18.8 Å². The van der Waals surface area contributed by atoms with Gasteiger partial charge in [0.05, 0.1) is 18.1 Å². The summed E-state index contributed by atoms with van der Waals surface area (Å²) in [4.78, 5) is 16.2. The summed E-state index contributed by atoms with van der Waals surface area (Å²) in [6.45, 7) is 1.17. The van der Waals surface area contributed by atoms with Gasteiger partial charge in [-0.3, -0.25) is 9.48 Å². The quantitative estimate of drug-likeness (QED) is 0.829.